The smallest absolute Gasteiger partial charge is 0.127 e. The van der Waals surface area contributed by atoms with Gasteiger partial charge < -0.3 is 4.84 Å². The summed E-state index contributed by atoms with van der Waals surface area (Å²) < 4.78 is 0. The molecule has 0 atom stereocenters. The van der Waals surface area contributed by atoms with E-state index in [9.17, 15) is 0 Å². The molecule has 0 saturated heterocycles. The molecule has 0 amide bonds. The molecular weight excluding hydrogens is 186 g/mol. The molecule has 84 valence electrons. The van der Waals surface area contributed by atoms with E-state index in [0.29, 0.717) is 6.10 Å². The van der Waals surface area contributed by atoms with E-state index in [2.05, 4.69) is 11.2 Å². The van der Waals surface area contributed by atoms with Crippen molar-refractivity contribution in [2.45, 2.75) is 63.9 Å². The van der Waals surface area contributed by atoms with Gasteiger partial charge in [-0.25, -0.2) is 0 Å². The first-order chi connectivity index (χ1) is 7.45. The maximum absolute atomic E-state index is 5.51. The third-order valence-corrected chi connectivity index (χ3v) is 3.31. The molecule has 0 aromatic carbocycles. The van der Waals surface area contributed by atoms with Gasteiger partial charge in [-0.05, 0) is 56.9 Å². The van der Waals surface area contributed by atoms with Gasteiger partial charge in [0.25, 0.3) is 0 Å². The van der Waals surface area contributed by atoms with Crippen LogP contribution in [0.1, 0.15) is 57.8 Å². The van der Waals surface area contributed by atoms with Crippen LogP contribution in [-0.2, 0) is 4.84 Å². The Morgan fingerprint density at radius 2 is 2.00 bits per heavy atom. The molecule has 0 bridgehead atoms. The van der Waals surface area contributed by atoms with Crippen molar-refractivity contribution in [1.29, 1.82) is 0 Å². The summed E-state index contributed by atoms with van der Waals surface area (Å²) in [5.74, 6) is 0. The van der Waals surface area contributed by atoms with Crippen molar-refractivity contribution in [3.05, 3.63) is 11.6 Å². The third-order valence-electron chi connectivity index (χ3n) is 3.31. The van der Waals surface area contributed by atoms with Gasteiger partial charge in [-0.15, -0.1) is 0 Å². The van der Waals surface area contributed by atoms with Crippen molar-refractivity contribution in [3.63, 3.8) is 0 Å². The van der Waals surface area contributed by atoms with E-state index in [4.69, 9.17) is 4.84 Å². The van der Waals surface area contributed by atoms with Crippen molar-refractivity contribution in [1.82, 2.24) is 0 Å². The summed E-state index contributed by atoms with van der Waals surface area (Å²) in [6, 6.07) is 0. The van der Waals surface area contributed by atoms with E-state index in [1.165, 1.54) is 63.4 Å². The summed E-state index contributed by atoms with van der Waals surface area (Å²) in [6.45, 7) is 0. The summed E-state index contributed by atoms with van der Waals surface area (Å²) in [4.78, 5) is 5.51. The standard InChI is InChI=1S/C13H21NO/c1-3-7-12(8-4-1)11-14-15-13-9-5-2-6-10-13/h7,11,13H,1-6,8-10H2. The van der Waals surface area contributed by atoms with Crippen molar-refractivity contribution in [2.24, 2.45) is 5.16 Å². The Bertz CT molecular complexity index is 239. The molecule has 2 rings (SSSR count). The summed E-state index contributed by atoms with van der Waals surface area (Å²) in [7, 11) is 0. The average molecular weight is 207 g/mol. The highest BCUT2D eigenvalue weighted by Gasteiger charge is 2.13. The van der Waals surface area contributed by atoms with Crippen molar-refractivity contribution < 1.29 is 4.84 Å². The number of allylic oxidation sites excluding steroid dienone is 2. The molecule has 0 N–H and O–H groups in total. The van der Waals surface area contributed by atoms with Crippen LogP contribution < -0.4 is 0 Å². The van der Waals surface area contributed by atoms with Crippen LogP contribution in [0.2, 0.25) is 0 Å². The van der Waals surface area contributed by atoms with Gasteiger partial charge in [0.05, 0.1) is 6.21 Å². The molecule has 2 heteroatoms. The Balaban J connectivity index is 1.71. The predicted molar refractivity (Wildman–Crippen MR) is 63.0 cm³/mol. The molecule has 0 aromatic heterocycles. The monoisotopic (exact) mass is 207 g/mol. The summed E-state index contributed by atoms with van der Waals surface area (Å²) in [5.41, 5.74) is 1.36. The Morgan fingerprint density at radius 3 is 2.73 bits per heavy atom. The van der Waals surface area contributed by atoms with E-state index >= 15 is 0 Å². The maximum atomic E-state index is 5.51. The molecule has 2 aliphatic rings. The second kappa shape index (κ2) is 5.94. The van der Waals surface area contributed by atoms with Crippen molar-refractivity contribution >= 4 is 6.21 Å². The third kappa shape index (κ3) is 3.69. The molecule has 0 heterocycles. The van der Waals surface area contributed by atoms with Crippen LogP contribution in [0.3, 0.4) is 0 Å². The van der Waals surface area contributed by atoms with E-state index in [-0.39, 0.29) is 0 Å². The Hall–Kier alpha value is -0.790. The first-order valence-electron chi connectivity index (χ1n) is 6.33. The molecule has 1 saturated carbocycles. The van der Waals surface area contributed by atoms with Gasteiger partial charge in [0, 0.05) is 0 Å². The molecule has 0 spiro atoms. The molecule has 0 aliphatic heterocycles. The molecule has 0 radical (unpaired) electrons. The fourth-order valence-electron chi connectivity index (χ4n) is 2.33. The lowest BCUT2D eigenvalue weighted by Crippen LogP contribution is -2.13. The highest BCUT2D eigenvalue weighted by atomic mass is 16.6. The fraction of sp³-hybridized carbons (Fsp3) is 0.769. The second-order valence-corrected chi connectivity index (χ2v) is 4.62. The van der Waals surface area contributed by atoms with Gasteiger partial charge in [-0.1, -0.05) is 17.7 Å². The molecule has 2 aliphatic carbocycles. The zero-order valence-electron chi connectivity index (χ0n) is 9.45. The zero-order valence-corrected chi connectivity index (χ0v) is 9.45. The van der Waals surface area contributed by atoms with Gasteiger partial charge in [0.2, 0.25) is 0 Å². The van der Waals surface area contributed by atoms with E-state index in [0.717, 1.165) is 0 Å². The first-order valence-corrected chi connectivity index (χ1v) is 6.33. The SMILES string of the molecule is C(=NOC1CCCCC1)C1=CCCCC1. The van der Waals surface area contributed by atoms with Gasteiger partial charge in [-0.2, -0.15) is 0 Å². The minimum absolute atomic E-state index is 0.388. The van der Waals surface area contributed by atoms with Crippen LogP contribution in [0.5, 0.6) is 0 Å². The number of rotatable bonds is 3. The average Bonchev–Trinajstić information content (AvgIpc) is 2.32. The van der Waals surface area contributed by atoms with Gasteiger partial charge in [0.1, 0.15) is 6.10 Å². The lowest BCUT2D eigenvalue weighted by Gasteiger charge is -2.19. The number of hydrogen-bond donors (Lipinski definition) is 0. The van der Waals surface area contributed by atoms with E-state index in [1.807, 2.05) is 6.21 Å². The lowest BCUT2D eigenvalue weighted by atomic mass is 9.98. The molecule has 1 fully saturated rings. The lowest BCUT2D eigenvalue weighted by molar-refractivity contribution is 0.0339. The van der Waals surface area contributed by atoms with Crippen LogP contribution in [-0.4, -0.2) is 12.3 Å². The van der Waals surface area contributed by atoms with Crippen LogP contribution in [0.4, 0.5) is 0 Å². The summed E-state index contributed by atoms with van der Waals surface area (Å²) in [5, 5.41) is 4.13. The van der Waals surface area contributed by atoms with Crippen LogP contribution >= 0.6 is 0 Å². The molecule has 15 heavy (non-hydrogen) atoms. The quantitative estimate of drug-likeness (QED) is 0.509. The largest absolute Gasteiger partial charge is 0.393 e. The number of oxime groups is 1. The Morgan fingerprint density at radius 1 is 1.13 bits per heavy atom. The van der Waals surface area contributed by atoms with Gasteiger partial charge in [-0.3, -0.25) is 0 Å². The molecule has 0 aromatic rings. The number of hydrogen-bond acceptors (Lipinski definition) is 2. The first kappa shape index (κ1) is 10.7. The minimum atomic E-state index is 0.388. The van der Waals surface area contributed by atoms with Crippen molar-refractivity contribution in [2.75, 3.05) is 0 Å². The topological polar surface area (TPSA) is 21.6 Å². The van der Waals surface area contributed by atoms with E-state index in [1.54, 1.807) is 0 Å². The van der Waals surface area contributed by atoms with Crippen molar-refractivity contribution in [3.8, 4) is 0 Å². The minimum Gasteiger partial charge on any atom is -0.393 e. The maximum Gasteiger partial charge on any atom is 0.127 e. The van der Waals surface area contributed by atoms with E-state index < -0.39 is 0 Å². The van der Waals surface area contributed by atoms with Crippen LogP contribution in [0, 0.1) is 0 Å². The van der Waals surface area contributed by atoms with Crippen LogP contribution in [0.15, 0.2) is 16.8 Å². The predicted octanol–water partition coefficient (Wildman–Crippen LogP) is 3.82. The molecular formula is C13H21NO. The molecule has 2 nitrogen and oxygen atoms in total. The second-order valence-electron chi connectivity index (χ2n) is 4.62. The normalized spacial score (nSPS) is 24.1. The zero-order chi connectivity index (χ0) is 10.3. The summed E-state index contributed by atoms with van der Waals surface area (Å²) >= 11 is 0. The van der Waals surface area contributed by atoms with Crippen LogP contribution in [0.25, 0.3) is 0 Å². The Labute approximate surface area is 92.4 Å². The highest BCUT2D eigenvalue weighted by molar-refractivity contribution is 5.78. The van der Waals surface area contributed by atoms with Gasteiger partial charge >= 0.3 is 0 Å². The highest BCUT2D eigenvalue weighted by Crippen LogP contribution is 2.20. The number of nitrogens with zero attached hydrogens (tertiary/aromatic N) is 1. The molecule has 0 unspecified atom stereocenters. The fourth-order valence-corrected chi connectivity index (χ4v) is 2.33. The summed E-state index contributed by atoms with van der Waals surface area (Å²) in [6.07, 6.45) is 16.0. The van der Waals surface area contributed by atoms with Gasteiger partial charge in [0.15, 0.2) is 0 Å². The Kier molecular flexibility index (Phi) is 4.24.